The number of hydrogen-bond donors (Lipinski definition) is 1. The van der Waals surface area contributed by atoms with Crippen LogP contribution in [0.5, 0.6) is 0 Å². The largest absolute Gasteiger partial charge is 0.511 e. The zero-order valence-corrected chi connectivity index (χ0v) is 9.37. The van der Waals surface area contributed by atoms with E-state index >= 15 is 0 Å². The van der Waals surface area contributed by atoms with Crippen molar-refractivity contribution in [2.24, 2.45) is 0 Å². The number of hydrogen-bond acceptors (Lipinski definition) is 3. The van der Waals surface area contributed by atoms with Gasteiger partial charge in [-0.3, -0.25) is 0 Å². The molecule has 0 heterocycles. The van der Waals surface area contributed by atoms with E-state index in [-0.39, 0.29) is 5.76 Å². The molecule has 0 bridgehead atoms. The molecule has 0 spiro atoms. The molecule has 18 heavy (non-hydrogen) atoms. The molecule has 4 heteroatoms. The third-order valence-corrected chi connectivity index (χ3v) is 2.59. The SMILES string of the molecule is O=C=C1C=CC=C(OC(=O)O)C1c1ccccc1. The molecule has 2 rings (SSSR count). The van der Waals surface area contributed by atoms with Gasteiger partial charge in [-0.05, 0) is 17.7 Å². The van der Waals surface area contributed by atoms with E-state index in [1.807, 2.05) is 24.1 Å². The van der Waals surface area contributed by atoms with Crippen LogP contribution in [0.3, 0.4) is 0 Å². The average Bonchev–Trinajstić information content (AvgIpc) is 2.38. The first-order chi connectivity index (χ1) is 8.72. The highest BCUT2D eigenvalue weighted by Crippen LogP contribution is 2.34. The minimum Gasteiger partial charge on any atom is -0.449 e. The Labute approximate surface area is 104 Å². The average molecular weight is 242 g/mol. The fraction of sp³-hybridized carbons (Fsp3) is 0.0714. The van der Waals surface area contributed by atoms with E-state index in [1.54, 1.807) is 24.3 Å². The zero-order valence-electron chi connectivity index (χ0n) is 9.37. The highest BCUT2D eigenvalue weighted by Gasteiger charge is 2.26. The first kappa shape index (κ1) is 11.9. The summed E-state index contributed by atoms with van der Waals surface area (Å²) in [6.07, 6.45) is 3.30. The number of rotatable bonds is 2. The lowest BCUT2D eigenvalue weighted by Crippen LogP contribution is -2.13. The first-order valence-electron chi connectivity index (χ1n) is 5.31. The van der Waals surface area contributed by atoms with E-state index in [1.165, 1.54) is 6.08 Å². The van der Waals surface area contributed by atoms with Crippen LogP contribution >= 0.6 is 0 Å². The van der Waals surface area contributed by atoms with Gasteiger partial charge in [-0.2, -0.15) is 0 Å². The summed E-state index contributed by atoms with van der Waals surface area (Å²) in [6.45, 7) is 0. The van der Waals surface area contributed by atoms with Crippen molar-refractivity contribution in [3.8, 4) is 0 Å². The van der Waals surface area contributed by atoms with Crippen LogP contribution in [0, 0.1) is 0 Å². The van der Waals surface area contributed by atoms with Gasteiger partial charge >= 0.3 is 6.16 Å². The van der Waals surface area contributed by atoms with Gasteiger partial charge in [0.05, 0.1) is 11.5 Å². The first-order valence-corrected chi connectivity index (χ1v) is 5.31. The van der Waals surface area contributed by atoms with E-state index in [0.29, 0.717) is 5.57 Å². The summed E-state index contributed by atoms with van der Waals surface area (Å²) in [7, 11) is 0. The maximum Gasteiger partial charge on any atom is 0.511 e. The Morgan fingerprint density at radius 1 is 1.28 bits per heavy atom. The van der Waals surface area contributed by atoms with Crippen LogP contribution in [0.25, 0.3) is 0 Å². The van der Waals surface area contributed by atoms with Crippen LogP contribution in [0.2, 0.25) is 0 Å². The third-order valence-electron chi connectivity index (χ3n) is 2.59. The molecule has 0 fully saturated rings. The van der Waals surface area contributed by atoms with Gasteiger partial charge in [-0.15, -0.1) is 0 Å². The van der Waals surface area contributed by atoms with Crippen LogP contribution in [-0.4, -0.2) is 17.2 Å². The molecule has 1 aromatic rings. The lowest BCUT2D eigenvalue weighted by atomic mass is 9.87. The standard InChI is InChI=1S/C14H10O4/c15-9-11-7-4-8-12(18-14(16)17)13(11)10-5-2-1-3-6-10/h1-8,13H,(H,16,17). The van der Waals surface area contributed by atoms with Crippen molar-refractivity contribution in [2.45, 2.75) is 5.92 Å². The van der Waals surface area contributed by atoms with Crippen molar-refractivity contribution < 1.29 is 19.4 Å². The van der Waals surface area contributed by atoms with Crippen LogP contribution in [0.4, 0.5) is 4.79 Å². The molecule has 1 atom stereocenters. The molecule has 1 aromatic carbocycles. The molecule has 1 unspecified atom stereocenters. The fourth-order valence-electron chi connectivity index (χ4n) is 1.87. The van der Waals surface area contributed by atoms with Crippen molar-refractivity contribution in [1.82, 2.24) is 0 Å². The lowest BCUT2D eigenvalue weighted by molar-refractivity contribution is 0.115. The van der Waals surface area contributed by atoms with E-state index in [4.69, 9.17) is 9.84 Å². The number of carbonyl (C=O) groups is 1. The Bertz CT molecular complexity index is 563. The molecule has 1 aliphatic carbocycles. The van der Waals surface area contributed by atoms with E-state index < -0.39 is 12.1 Å². The topological polar surface area (TPSA) is 63.6 Å². The Morgan fingerprint density at radius 2 is 2.00 bits per heavy atom. The van der Waals surface area contributed by atoms with Crippen LogP contribution < -0.4 is 0 Å². The number of benzene rings is 1. The van der Waals surface area contributed by atoms with Crippen LogP contribution in [0.1, 0.15) is 11.5 Å². The molecule has 1 N–H and O–H groups in total. The van der Waals surface area contributed by atoms with E-state index in [0.717, 1.165) is 5.56 Å². The summed E-state index contributed by atoms with van der Waals surface area (Å²) in [5.41, 5.74) is 1.13. The van der Waals surface area contributed by atoms with E-state index in [9.17, 15) is 9.59 Å². The molecule has 90 valence electrons. The normalized spacial score (nSPS) is 17.9. The van der Waals surface area contributed by atoms with Gasteiger partial charge in [0.1, 0.15) is 11.7 Å². The van der Waals surface area contributed by atoms with Crippen LogP contribution in [-0.2, 0) is 9.53 Å². The molecule has 0 aromatic heterocycles. The van der Waals surface area contributed by atoms with Crippen molar-refractivity contribution in [2.75, 3.05) is 0 Å². The Morgan fingerprint density at radius 3 is 2.61 bits per heavy atom. The van der Waals surface area contributed by atoms with Crippen molar-refractivity contribution in [3.05, 3.63) is 65.5 Å². The minimum atomic E-state index is -1.40. The highest BCUT2D eigenvalue weighted by molar-refractivity contribution is 5.67. The molecule has 0 aliphatic heterocycles. The fourth-order valence-corrected chi connectivity index (χ4v) is 1.87. The summed E-state index contributed by atoms with van der Waals surface area (Å²) >= 11 is 0. The third kappa shape index (κ3) is 2.39. The summed E-state index contributed by atoms with van der Waals surface area (Å²) in [6, 6.07) is 9.08. The Hall–Kier alpha value is -2.58. The monoisotopic (exact) mass is 242 g/mol. The van der Waals surface area contributed by atoms with Gasteiger partial charge in [0.25, 0.3) is 0 Å². The molecular weight excluding hydrogens is 232 g/mol. The summed E-state index contributed by atoms with van der Waals surface area (Å²) in [4.78, 5) is 21.6. The molecule has 1 aliphatic rings. The molecule has 0 radical (unpaired) electrons. The maximum atomic E-state index is 10.9. The van der Waals surface area contributed by atoms with Gasteiger partial charge in [0.15, 0.2) is 0 Å². The van der Waals surface area contributed by atoms with Gasteiger partial charge in [-0.1, -0.05) is 36.4 Å². The number of ether oxygens (including phenoxy) is 1. The predicted molar refractivity (Wildman–Crippen MR) is 64.7 cm³/mol. The molecule has 0 saturated heterocycles. The number of allylic oxidation sites excluding steroid dienone is 4. The maximum absolute atomic E-state index is 10.9. The number of carbonyl (C=O) groups excluding carboxylic acids is 1. The van der Waals surface area contributed by atoms with Crippen LogP contribution in [0.15, 0.2) is 59.9 Å². The molecule has 0 saturated carbocycles. The summed E-state index contributed by atoms with van der Waals surface area (Å²) < 4.78 is 4.72. The van der Waals surface area contributed by atoms with Gasteiger partial charge in [0.2, 0.25) is 0 Å². The van der Waals surface area contributed by atoms with Crippen molar-refractivity contribution in [1.29, 1.82) is 0 Å². The Balaban J connectivity index is 2.44. The quantitative estimate of drug-likeness (QED) is 0.639. The predicted octanol–water partition coefficient (Wildman–Crippen LogP) is 2.68. The molecule has 0 amide bonds. The second-order valence-electron chi connectivity index (χ2n) is 3.70. The van der Waals surface area contributed by atoms with Crippen molar-refractivity contribution >= 4 is 12.1 Å². The second kappa shape index (κ2) is 5.17. The summed E-state index contributed by atoms with van der Waals surface area (Å²) in [5.74, 6) is 1.50. The van der Waals surface area contributed by atoms with Gasteiger partial charge in [-0.25, -0.2) is 9.59 Å². The van der Waals surface area contributed by atoms with E-state index in [2.05, 4.69) is 0 Å². The smallest absolute Gasteiger partial charge is 0.449 e. The number of carboxylic acid groups (broad SMARTS) is 1. The van der Waals surface area contributed by atoms with Gasteiger partial charge < -0.3 is 9.84 Å². The second-order valence-corrected chi connectivity index (χ2v) is 3.70. The van der Waals surface area contributed by atoms with Gasteiger partial charge in [0, 0.05) is 0 Å². The molecular formula is C14H10O4. The summed E-state index contributed by atoms with van der Waals surface area (Å²) in [5, 5.41) is 8.69. The minimum absolute atomic E-state index is 0.203. The lowest BCUT2D eigenvalue weighted by Gasteiger charge is -2.20. The Kier molecular flexibility index (Phi) is 3.41. The molecule has 4 nitrogen and oxygen atoms in total. The highest BCUT2D eigenvalue weighted by atomic mass is 16.7. The zero-order chi connectivity index (χ0) is 13.0. The van der Waals surface area contributed by atoms with Crippen molar-refractivity contribution in [3.63, 3.8) is 0 Å².